The van der Waals surface area contributed by atoms with Gasteiger partial charge in [-0.1, -0.05) is 44.2 Å². The molecule has 0 spiro atoms. The average Bonchev–Trinajstić information content (AvgIpc) is 3.12. The van der Waals surface area contributed by atoms with Gasteiger partial charge < -0.3 is 71.2 Å². The van der Waals surface area contributed by atoms with Crippen LogP contribution in [-0.4, -0.2) is 113 Å². The highest BCUT2D eigenvalue weighted by Gasteiger charge is 2.35. The third-order valence-electron chi connectivity index (χ3n) is 8.08. The maximum Gasteiger partial charge on any atom is 0.326 e. The van der Waals surface area contributed by atoms with Crippen molar-refractivity contribution in [1.29, 1.82) is 0 Å². The second kappa shape index (κ2) is 24.8. The van der Waals surface area contributed by atoms with E-state index in [1.54, 1.807) is 44.2 Å². The van der Waals surface area contributed by atoms with Gasteiger partial charge in [0.25, 0.3) is 0 Å². The zero-order chi connectivity index (χ0) is 43.2. The van der Waals surface area contributed by atoms with Crippen molar-refractivity contribution in [3.05, 3.63) is 35.9 Å². The van der Waals surface area contributed by atoms with Crippen molar-refractivity contribution < 1.29 is 48.6 Å². The molecule has 0 saturated heterocycles. The summed E-state index contributed by atoms with van der Waals surface area (Å²) in [6.45, 7) is 3.39. The molecule has 0 aliphatic carbocycles. The first-order valence-corrected chi connectivity index (χ1v) is 17.9. The molecule has 57 heavy (non-hydrogen) atoms. The van der Waals surface area contributed by atoms with Crippen LogP contribution in [0, 0.1) is 5.92 Å². The van der Waals surface area contributed by atoms with Crippen LogP contribution >= 0.6 is 0 Å². The summed E-state index contributed by atoms with van der Waals surface area (Å²) in [5, 5.41) is 31.0. The zero-order valence-corrected chi connectivity index (χ0v) is 31.8. The summed E-state index contributed by atoms with van der Waals surface area (Å²) in [6, 6.07) is -0.948. The standard InChI is InChI=1S/C34H55N13O10/c1-17(2)25(46-29(53)21(15-23(36)48)45-31(55)26(47-34(39)40)18-9-4-3-5-10-18)30(54)42-19(11-6-7-13-35)27(51)44-22(16-24(49)50)28(52)43-20(32(56)57)12-8-14-41-33(37)38/h3-5,9-10,17,19-22,25-26H,6-8,11-16,35H2,1-2H3,(H2,36,48)(H,42,54)(H,43,52)(H,44,51)(H,45,55)(H,46,53)(H,49,50)(H,56,57)(H4,37,38,41)(H4,39,40,47)/t19-,20-,21-,22-,25-,26-/m0/s1. The van der Waals surface area contributed by atoms with Gasteiger partial charge in [-0.3, -0.25) is 38.6 Å². The Morgan fingerprint density at radius 1 is 0.632 bits per heavy atom. The monoisotopic (exact) mass is 805 g/mol. The molecule has 19 N–H and O–H groups in total. The molecule has 0 bridgehead atoms. The number of carbonyl (C=O) groups excluding carboxylic acids is 6. The highest BCUT2D eigenvalue weighted by atomic mass is 16.4. The summed E-state index contributed by atoms with van der Waals surface area (Å²) in [5.74, 6) is -10.1. The number of aliphatic carboxylic acids is 2. The van der Waals surface area contributed by atoms with Crippen LogP contribution in [0.3, 0.4) is 0 Å². The van der Waals surface area contributed by atoms with Crippen molar-refractivity contribution >= 4 is 59.3 Å². The molecule has 0 saturated carbocycles. The van der Waals surface area contributed by atoms with Gasteiger partial charge >= 0.3 is 11.9 Å². The van der Waals surface area contributed by atoms with Gasteiger partial charge in [-0.15, -0.1) is 0 Å². The minimum atomic E-state index is -1.78. The van der Waals surface area contributed by atoms with Gasteiger partial charge in [0.1, 0.15) is 30.2 Å². The molecule has 0 unspecified atom stereocenters. The molecule has 1 aromatic rings. The molecule has 0 aliphatic heterocycles. The Morgan fingerprint density at radius 3 is 1.68 bits per heavy atom. The van der Waals surface area contributed by atoms with Crippen LogP contribution in [-0.2, 0) is 38.4 Å². The smallest absolute Gasteiger partial charge is 0.326 e. The quantitative estimate of drug-likeness (QED) is 0.0239. The Balaban J connectivity index is 3.30. The fourth-order valence-electron chi connectivity index (χ4n) is 5.23. The SMILES string of the molecule is CC(C)[C@H](NC(=O)[C@H](CC(N)=O)NC(=O)[C@@H](N=C(N)N)c1ccccc1)C(=O)N[C@@H](CCCCN)C(=O)N[C@@H](CC(=O)O)C(=O)N[C@@H](CCCN=C(N)N)C(=O)O. The molecule has 1 aromatic carbocycles. The molecule has 0 fully saturated rings. The number of nitrogens with one attached hydrogen (secondary N) is 5. The molecular weight excluding hydrogens is 750 g/mol. The Kier molecular flexibility index (Phi) is 21.1. The van der Waals surface area contributed by atoms with Gasteiger partial charge in [0.15, 0.2) is 18.0 Å². The normalized spacial score (nSPS) is 13.9. The summed E-state index contributed by atoms with van der Waals surface area (Å²) in [4.78, 5) is 110. The molecule has 23 heteroatoms. The van der Waals surface area contributed by atoms with Gasteiger partial charge in [-0.2, -0.15) is 0 Å². The van der Waals surface area contributed by atoms with E-state index >= 15 is 0 Å². The molecule has 6 amide bonds. The van der Waals surface area contributed by atoms with Crippen LogP contribution < -0.4 is 61.0 Å². The van der Waals surface area contributed by atoms with Crippen LogP contribution in [0.5, 0.6) is 0 Å². The summed E-state index contributed by atoms with van der Waals surface area (Å²) < 4.78 is 0. The molecule has 23 nitrogen and oxygen atoms in total. The number of guanidine groups is 2. The molecular formula is C34H55N13O10. The summed E-state index contributed by atoms with van der Waals surface area (Å²) in [7, 11) is 0. The third kappa shape index (κ3) is 18.6. The summed E-state index contributed by atoms with van der Waals surface area (Å²) >= 11 is 0. The van der Waals surface area contributed by atoms with E-state index in [1.807, 2.05) is 0 Å². The first-order chi connectivity index (χ1) is 26.8. The van der Waals surface area contributed by atoms with Crippen molar-refractivity contribution in [3.8, 4) is 0 Å². The number of benzene rings is 1. The van der Waals surface area contributed by atoms with E-state index in [9.17, 15) is 48.6 Å². The van der Waals surface area contributed by atoms with Crippen molar-refractivity contribution in [3.63, 3.8) is 0 Å². The number of aliphatic imine (C=N–C) groups is 2. The highest BCUT2D eigenvalue weighted by Crippen LogP contribution is 2.18. The number of amides is 6. The Labute approximate surface area is 328 Å². The van der Waals surface area contributed by atoms with E-state index in [1.165, 1.54) is 0 Å². The topological polar surface area (TPSA) is 418 Å². The summed E-state index contributed by atoms with van der Waals surface area (Å²) in [5.41, 5.74) is 32.9. The van der Waals surface area contributed by atoms with Crippen molar-refractivity contribution in [2.45, 2.75) is 95.0 Å². The first-order valence-electron chi connectivity index (χ1n) is 17.9. The number of hydrogen-bond acceptors (Lipinski definition) is 11. The fourth-order valence-corrected chi connectivity index (χ4v) is 5.23. The maximum absolute atomic E-state index is 13.7. The molecule has 0 aromatic heterocycles. The summed E-state index contributed by atoms with van der Waals surface area (Å²) in [6.07, 6.45) is -1.01. The van der Waals surface area contributed by atoms with Crippen LogP contribution in [0.1, 0.15) is 70.4 Å². The number of hydrogen-bond donors (Lipinski definition) is 13. The van der Waals surface area contributed by atoms with Crippen LogP contribution in [0.15, 0.2) is 40.3 Å². The van der Waals surface area contributed by atoms with Crippen molar-refractivity contribution in [2.24, 2.45) is 50.3 Å². The number of carboxylic acid groups (broad SMARTS) is 2. The van der Waals surface area contributed by atoms with Crippen LogP contribution in [0.2, 0.25) is 0 Å². The molecule has 0 heterocycles. The molecule has 316 valence electrons. The zero-order valence-electron chi connectivity index (χ0n) is 31.8. The van der Waals surface area contributed by atoms with E-state index in [0.29, 0.717) is 12.0 Å². The van der Waals surface area contributed by atoms with Crippen molar-refractivity contribution in [1.82, 2.24) is 26.6 Å². The third-order valence-corrected chi connectivity index (χ3v) is 8.08. The largest absolute Gasteiger partial charge is 0.481 e. The number of nitrogens with zero attached hydrogens (tertiary/aromatic N) is 2. The van der Waals surface area contributed by atoms with E-state index in [2.05, 4.69) is 36.6 Å². The number of carboxylic acids is 2. The highest BCUT2D eigenvalue weighted by molar-refractivity contribution is 5.98. The molecule has 1 rings (SSSR count). The minimum Gasteiger partial charge on any atom is -0.481 e. The van der Waals surface area contributed by atoms with E-state index < -0.39 is 108 Å². The van der Waals surface area contributed by atoms with Gasteiger partial charge in [0.05, 0.1) is 12.8 Å². The van der Waals surface area contributed by atoms with Crippen LogP contribution in [0.25, 0.3) is 0 Å². The Bertz CT molecular complexity index is 1620. The van der Waals surface area contributed by atoms with E-state index in [-0.39, 0.29) is 44.7 Å². The van der Waals surface area contributed by atoms with Crippen molar-refractivity contribution in [2.75, 3.05) is 13.1 Å². The lowest BCUT2D eigenvalue weighted by atomic mass is 10.0. The fraction of sp³-hybridized carbons (Fsp3) is 0.529. The Morgan fingerprint density at radius 2 is 1.16 bits per heavy atom. The lowest BCUT2D eigenvalue weighted by molar-refractivity contribution is -0.144. The maximum atomic E-state index is 13.7. The number of unbranched alkanes of at least 4 members (excludes halogenated alkanes) is 1. The number of carbonyl (C=O) groups is 8. The van der Waals surface area contributed by atoms with Crippen LogP contribution in [0.4, 0.5) is 0 Å². The minimum absolute atomic E-state index is 0.0495. The lowest BCUT2D eigenvalue weighted by Crippen LogP contribution is -2.60. The van der Waals surface area contributed by atoms with Gasteiger partial charge in [0, 0.05) is 6.54 Å². The number of primary amides is 1. The average molecular weight is 806 g/mol. The van der Waals surface area contributed by atoms with E-state index in [0.717, 1.165) is 0 Å². The molecule has 6 atom stereocenters. The predicted octanol–water partition coefficient (Wildman–Crippen LogP) is -4.30. The second-order valence-corrected chi connectivity index (χ2v) is 13.2. The lowest BCUT2D eigenvalue weighted by Gasteiger charge is -2.28. The van der Waals surface area contributed by atoms with Gasteiger partial charge in [-0.25, -0.2) is 9.79 Å². The molecule has 0 radical (unpaired) electrons. The predicted molar refractivity (Wildman–Crippen MR) is 206 cm³/mol. The Hall–Kier alpha value is -6.52. The number of nitrogens with two attached hydrogens (primary N) is 6. The number of rotatable bonds is 26. The molecule has 0 aliphatic rings. The van der Waals surface area contributed by atoms with Gasteiger partial charge in [0.2, 0.25) is 35.4 Å². The van der Waals surface area contributed by atoms with E-state index in [4.69, 9.17) is 34.4 Å². The first kappa shape index (κ1) is 48.5. The second-order valence-electron chi connectivity index (χ2n) is 13.2. The van der Waals surface area contributed by atoms with Gasteiger partial charge in [-0.05, 0) is 50.1 Å².